The number of halogens is 1. The predicted molar refractivity (Wildman–Crippen MR) is 116 cm³/mol. The largest absolute Gasteiger partial charge is 0.493 e. The fourth-order valence-corrected chi connectivity index (χ4v) is 3.78. The van der Waals surface area contributed by atoms with Crippen LogP contribution in [0.4, 0.5) is 4.39 Å². The zero-order chi connectivity index (χ0) is 21.3. The van der Waals surface area contributed by atoms with Gasteiger partial charge in [0.05, 0.1) is 13.7 Å². The molecular formula is C24H31FN2O3. The van der Waals surface area contributed by atoms with E-state index in [1.54, 1.807) is 7.11 Å². The molecule has 1 aliphatic rings. The van der Waals surface area contributed by atoms with Crippen molar-refractivity contribution >= 4 is 5.91 Å². The van der Waals surface area contributed by atoms with Crippen molar-refractivity contribution in [2.75, 3.05) is 33.4 Å². The van der Waals surface area contributed by atoms with Crippen LogP contribution in [0.1, 0.15) is 42.1 Å². The maximum atomic E-state index is 12.9. The molecule has 0 spiro atoms. The summed E-state index contributed by atoms with van der Waals surface area (Å²) in [5, 5.41) is 2.81. The molecule has 0 unspecified atom stereocenters. The van der Waals surface area contributed by atoms with Gasteiger partial charge in [-0.15, -0.1) is 0 Å². The molecule has 1 amide bonds. The first-order valence-corrected chi connectivity index (χ1v) is 10.6. The number of amides is 1. The van der Waals surface area contributed by atoms with Gasteiger partial charge in [0.25, 0.3) is 5.91 Å². The van der Waals surface area contributed by atoms with Gasteiger partial charge in [-0.3, -0.25) is 9.69 Å². The number of methoxy groups -OCH3 is 1. The van der Waals surface area contributed by atoms with Gasteiger partial charge < -0.3 is 14.8 Å². The first-order valence-electron chi connectivity index (χ1n) is 10.6. The lowest BCUT2D eigenvalue weighted by molar-refractivity contribution is 0.0951. The molecule has 30 heavy (non-hydrogen) atoms. The van der Waals surface area contributed by atoms with Gasteiger partial charge in [-0.25, -0.2) is 4.39 Å². The molecule has 1 fully saturated rings. The predicted octanol–water partition coefficient (Wildman–Crippen LogP) is 4.27. The normalized spacial score (nSPS) is 16.8. The molecule has 1 atom stereocenters. The second-order valence-corrected chi connectivity index (χ2v) is 7.93. The summed E-state index contributed by atoms with van der Waals surface area (Å²) >= 11 is 0. The highest BCUT2D eigenvalue weighted by Crippen LogP contribution is 2.29. The molecule has 3 rings (SSSR count). The summed E-state index contributed by atoms with van der Waals surface area (Å²) < 4.78 is 24.3. The lowest BCUT2D eigenvalue weighted by atomic mass is 10.00. The zero-order valence-electron chi connectivity index (χ0n) is 17.8. The van der Waals surface area contributed by atoms with Crippen LogP contribution in [0.3, 0.4) is 0 Å². The first-order chi connectivity index (χ1) is 14.5. The fourth-order valence-electron chi connectivity index (χ4n) is 3.78. The topological polar surface area (TPSA) is 50.8 Å². The number of likely N-dealkylation sites (tertiary alicyclic amines) is 1. The van der Waals surface area contributed by atoms with Gasteiger partial charge in [0, 0.05) is 25.2 Å². The maximum Gasteiger partial charge on any atom is 0.251 e. The van der Waals surface area contributed by atoms with Crippen LogP contribution >= 0.6 is 0 Å². The highest BCUT2D eigenvalue weighted by molar-refractivity contribution is 5.94. The van der Waals surface area contributed by atoms with Crippen molar-refractivity contribution in [2.45, 2.75) is 32.7 Å². The number of carbonyl (C=O) groups excluding carboxylic acids is 1. The Bertz CT molecular complexity index is 826. The summed E-state index contributed by atoms with van der Waals surface area (Å²) in [4.78, 5) is 14.5. The number of nitrogens with zero attached hydrogens (tertiary/aromatic N) is 1. The third kappa shape index (κ3) is 6.46. The van der Waals surface area contributed by atoms with Crippen LogP contribution in [0, 0.1) is 11.7 Å². The Hall–Kier alpha value is -2.60. The highest BCUT2D eigenvalue weighted by Gasteiger charge is 2.17. The summed E-state index contributed by atoms with van der Waals surface area (Å²) in [6.45, 7) is 6.47. The van der Waals surface area contributed by atoms with Crippen molar-refractivity contribution in [1.82, 2.24) is 10.2 Å². The third-order valence-electron chi connectivity index (χ3n) is 5.35. The number of carbonyl (C=O) groups is 1. The molecule has 1 heterocycles. The number of benzene rings is 2. The second-order valence-electron chi connectivity index (χ2n) is 7.93. The maximum absolute atomic E-state index is 12.9. The zero-order valence-corrected chi connectivity index (χ0v) is 17.8. The Kier molecular flexibility index (Phi) is 8.08. The van der Waals surface area contributed by atoms with Crippen LogP contribution in [0.5, 0.6) is 11.5 Å². The van der Waals surface area contributed by atoms with E-state index in [1.807, 2.05) is 12.1 Å². The van der Waals surface area contributed by atoms with Crippen molar-refractivity contribution in [3.63, 3.8) is 0 Å². The molecule has 0 aromatic heterocycles. The van der Waals surface area contributed by atoms with Crippen LogP contribution in [0.2, 0.25) is 0 Å². The molecule has 162 valence electrons. The summed E-state index contributed by atoms with van der Waals surface area (Å²) in [5.74, 6) is 1.62. The van der Waals surface area contributed by atoms with Crippen molar-refractivity contribution in [3.05, 3.63) is 59.4 Å². The van der Waals surface area contributed by atoms with E-state index in [2.05, 4.69) is 23.2 Å². The van der Waals surface area contributed by atoms with Gasteiger partial charge in [0.1, 0.15) is 5.82 Å². The minimum atomic E-state index is -0.356. The standard InChI is InChI=1S/C24H31FN2O3/c1-18-5-3-13-27(16-18)17-19-6-11-22(23(15-19)29-2)30-14-4-12-26-24(28)20-7-9-21(25)10-8-20/h6-11,15,18H,3-5,12-14,16-17H2,1-2H3,(H,26,28)/t18-/m0/s1. The molecule has 2 aromatic rings. The van der Waals surface area contributed by atoms with Gasteiger partial charge >= 0.3 is 0 Å². The molecule has 1 aliphatic heterocycles. The minimum absolute atomic E-state index is 0.219. The van der Waals surface area contributed by atoms with Crippen molar-refractivity contribution in [3.8, 4) is 11.5 Å². The number of nitrogens with one attached hydrogen (secondary N) is 1. The molecule has 1 N–H and O–H groups in total. The Balaban J connectivity index is 1.43. The summed E-state index contributed by atoms with van der Waals surface area (Å²) in [5.41, 5.74) is 1.66. The quantitative estimate of drug-likeness (QED) is 0.623. The van der Waals surface area contributed by atoms with E-state index in [0.29, 0.717) is 30.9 Å². The van der Waals surface area contributed by atoms with Crippen molar-refractivity contribution < 1.29 is 18.7 Å². The van der Waals surface area contributed by atoms with Gasteiger partial charge in [-0.2, -0.15) is 0 Å². The Labute approximate surface area is 178 Å². The Morgan fingerprint density at radius 2 is 2.00 bits per heavy atom. The molecule has 6 heteroatoms. The SMILES string of the molecule is COc1cc(CN2CCC[C@H](C)C2)ccc1OCCCNC(=O)c1ccc(F)cc1. The van der Waals surface area contributed by atoms with Crippen LogP contribution in [-0.2, 0) is 6.54 Å². The molecule has 0 saturated carbocycles. The van der Waals surface area contributed by atoms with E-state index in [1.165, 1.54) is 42.7 Å². The number of hydrogen-bond donors (Lipinski definition) is 1. The highest BCUT2D eigenvalue weighted by atomic mass is 19.1. The van der Waals surface area contributed by atoms with Crippen LogP contribution in [-0.4, -0.2) is 44.2 Å². The van der Waals surface area contributed by atoms with Crippen LogP contribution < -0.4 is 14.8 Å². The number of ether oxygens (including phenoxy) is 2. The number of piperidine rings is 1. The van der Waals surface area contributed by atoms with E-state index in [0.717, 1.165) is 31.3 Å². The van der Waals surface area contributed by atoms with E-state index in [4.69, 9.17) is 9.47 Å². The van der Waals surface area contributed by atoms with E-state index in [-0.39, 0.29) is 11.7 Å². The summed E-state index contributed by atoms with van der Waals surface area (Å²) in [6.07, 6.45) is 3.23. The lowest BCUT2D eigenvalue weighted by Crippen LogP contribution is -2.33. The van der Waals surface area contributed by atoms with Crippen LogP contribution in [0.15, 0.2) is 42.5 Å². The molecule has 0 bridgehead atoms. The minimum Gasteiger partial charge on any atom is -0.493 e. The van der Waals surface area contributed by atoms with Gasteiger partial charge in [0.2, 0.25) is 0 Å². The molecule has 0 aliphatic carbocycles. The van der Waals surface area contributed by atoms with Crippen LogP contribution in [0.25, 0.3) is 0 Å². The average molecular weight is 415 g/mol. The number of hydrogen-bond acceptors (Lipinski definition) is 4. The molecule has 5 nitrogen and oxygen atoms in total. The van der Waals surface area contributed by atoms with E-state index < -0.39 is 0 Å². The van der Waals surface area contributed by atoms with Crippen molar-refractivity contribution in [2.24, 2.45) is 5.92 Å². The third-order valence-corrected chi connectivity index (χ3v) is 5.35. The van der Waals surface area contributed by atoms with E-state index >= 15 is 0 Å². The van der Waals surface area contributed by atoms with E-state index in [9.17, 15) is 9.18 Å². The summed E-state index contributed by atoms with van der Waals surface area (Å²) in [6, 6.07) is 11.6. The first kappa shape index (κ1) is 22.1. The van der Waals surface area contributed by atoms with Gasteiger partial charge in [-0.1, -0.05) is 13.0 Å². The Morgan fingerprint density at radius 3 is 2.73 bits per heavy atom. The Morgan fingerprint density at radius 1 is 1.20 bits per heavy atom. The van der Waals surface area contributed by atoms with Gasteiger partial charge in [-0.05, 0) is 73.7 Å². The smallest absolute Gasteiger partial charge is 0.251 e. The molecular weight excluding hydrogens is 383 g/mol. The molecule has 0 radical (unpaired) electrons. The van der Waals surface area contributed by atoms with Gasteiger partial charge in [0.15, 0.2) is 11.5 Å². The lowest BCUT2D eigenvalue weighted by Gasteiger charge is -2.30. The summed E-state index contributed by atoms with van der Waals surface area (Å²) in [7, 11) is 1.65. The monoisotopic (exact) mass is 414 g/mol. The second kappa shape index (κ2) is 11.0. The molecule has 2 aromatic carbocycles. The fraction of sp³-hybridized carbons (Fsp3) is 0.458. The average Bonchev–Trinajstić information content (AvgIpc) is 2.74. The van der Waals surface area contributed by atoms with Crippen molar-refractivity contribution in [1.29, 1.82) is 0 Å². The molecule has 1 saturated heterocycles. The number of rotatable bonds is 9.